The molecule has 0 spiro atoms. The molecule has 20 heavy (non-hydrogen) atoms. The molecule has 5 nitrogen and oxygen atoms in total. The van der Waals surface area contributed by atoms with E-state index < -0.39 is 0 Å². The van der Waals surface area contributed by atoms with Gasteiger partial charge in [-0.25, -0.2) is 4.98 Å². The Morgan fingerprint density at radius 2 is 2.35 bits per heavy atom. The molecular formula is C13H16ClN3O2S. The Bertz CT molecular complexity index is 615. The molecule has 0 saturated heterocycles. The third-order valence-corrected chi connectivity index (χ3v) is 4.02. The molecule has 0 aliphatic carbocycles. The normalized spacial score (nSPS) is 10.9. The summed E-state index contributed by atoms with van der Waals surface area (Å²) in [5.74, 6) is 0.305. The largest absolute Gasteiger partial charge is 0.383 e. The van der Waals surface area contributed by atoms with Crippen LogP contribution < -0.4 is 5.32 Å². The van der Waals surface area contributed by atoms with E-state index in [9.17, 15) is 4.79 Å². The molecule has 0 aliphatic rings. The molecule has 1 N–H and O–H groups in total. The van der Waals surface area contributed by atoms with Crippen LogP contribution >= 0.6 is 23.4 Å². The minimum absolute atomic E-state index is 0.0293. The second kappa shape index (κ2) is 6.97. The van der Waals surface area contributed by atoms with E-state index in [1.165, 1.54) is 11.8 Å². The van der Waals surface area contributed by atoms with Crippen molar-refractivity contribution in [3.05, 3.63) is 23.2 Å². The van der Waals surface area contributed by atoms with Gasteiger partial charge in [0.15, 0.2) is 5.16 Å². The lowest BCUT2D eigenvalue weighted by atomic mass is 10.3. The van der Waals surface area contributed by atoms with Crippen molar-refractivity contribution in [3.8, 4) is 0 Å². The summed E-state index contributed by atoms with van der Waals surface area (Å²) >= 11 is 7.39. The summed E-state index contributed by atoms with van der Waals surface area (Å²) in [5.41, 5.74) is 1.82. The van der Waals surface area contributed by atoms with Crippen LogP contribution in [-0.4, -0.2) is 42.0 Å². The molecule has 7 heteroatoms. The molecule has 1 aromatic heterocycles. The highest BCUT2D eigenvalue weighted by molar-refractivity contribution is 7.99. The van der Waals surface area contributed by atoms with E-state index in [0.717, 1.165) is 16.2 Å². The number of imidazole rings is 1. The summed E-state index contributed by atoms with van der Waals surface area (Å²) in [5, 5.41) is 4.04. The maximum Gasteiger partial charge on any atom is 0.230 e. The third-order valence-electron chi connectivity index (χ3n) is 2.81. The average Bonchev–Trinajstić information content (AvgIpc) is 2.79. The van der Waals surface area contributed by atoms with Crippen molar-refractivity contribution in [1.29, 1.82) is 0 Å². The zero-order valence-corrected chi connectivity index (χ0v) is 12.9. The number of nitrogens with zero attached hydrogens (tertiary/aromatic N) is 2. The number of ether oxygens (including phenoxy) is 1. The van der Waals surface area contributed by atoms with E-state index in [1.54, 1.807) is 14.2 Å². The zero-order valence-electron chi connectivity index (χ0n) is 11.4. The monoisotopic (exact) mass is 313 g/mol. The van der Waals surface area contributed by atoms with E-state index >= 15 is 0 Å². The molecule has 0 bridgehead atoms. The molecule has 0 unspecified atom stereocenters. The highest BCUT2D eigenvalue weighted by Gasteiger charge is 2.12. The van der Waals surface area contributed by atoms with Crippen LogP contribution in [0.3, 0.4) is 0 Å². The lowest BCUT2D eigenvalue weighted by Gasteiger charge is -2.07. The second-order valence-corrected chi connectivity index (χ2v) is 5.51. The Kier molecular flexibility index (Phi) is 5.28. The lowest BCUT2D eigenvalue weighted by molar-refractivity contribution is -0.118. The van der Waals surface area contributed by atoms with Gasteiger partial charge >= 0.3 is 0 Å². The van der Waals surface area contributed by atoms with Gasteiger partial charge in [0.05, 0.1) is 23.4 Å². The van der Waals surface area contributed by atoms with Crippen LogP contribution in [0.4, 0.5) is 0 Å². The number of thioether (sulfide) groups is 1. The number of hydrogen-bond acceptors (Lipinski definition) is 4. The van der Waals surface area contributed by atoms with Gasteiger partial charge in [-0.1, -0.05) is 23.4 Å². The molecule has 0 atom stereocenters. The summed E-state index contributed by atoms with van der Waals surface area (Å²) in [6.07, 6.45) is 0. The molecule has 108 valence electrons. The summed E-state index contributed by atoms with van der Waals surface area (Å²) in [6.45, 7) is 1.27. The Morgan fingerprint density at radius 3 is 3.05 bits per heavy atom. The number of aromatic nitrogens is 2. The van der Waals surface area contributed by atoms with Crippen LogP contribution in [-0.2, 0) is 16.1 Å². The van der Waals surface area contributed by atoms with Crippen molar-refractivity contribution >= 4 is 40.3 Å². The number of nitrogens with one attached hydrogen (secondary N) is 1. The van der Waals surface area contributed by atoms with Crippen molar-refractivity contribution in [2.24, 2.45) is 0 Å². The number of rotatable bonds is 6. The first-order valence-electron chi connectivity index (χ1n) is 6.14. The first-order valence-corrected chi connectivity index (χ1v) is 7.50. The first-order chi connectivity index (χ1) is 9.65. The number of methoxy groups -OCH3 is 1. The summed E-state index contributed by atoms with van der Waals surface area (Å²) in [7, 11) is 3.28. The molecule has 1 amide bonds. The van der Waals surface area contributed by atoms with Gasteiger partial charge in [0.1, 0.15) is 0 Å². The number of carbonyl (C=O) groups excluding carboxylic acids is 1. The zero-order chi connectivity index (χ0) is 14.5. The van der Waals surface area contributed by atoms with Gasteiger partial charge in [-0.15, -0.1) is 0 Å². The van der Waals surface area contributed by atoms with Gasteiger partial charge in [-0.05, 0) is 18.2 Å². The Balaban J connectivity index is 2.32. The van der Waals surface area contributed by atoms with E-state index in [-0.39, 0.29) is 5.91 Å². The summed E-state index contributed by atoms with van der Waals surface area (Å²) < 4.78 is 7.17. The van der Waals surface area contributed by atoms with Gasteiger partial charge < -0.3 is 14.6 Å². The molecule has 1 aromatic carbocycles. The van der Waals surface area contributed by atoms with Gasteiger partial charge in [-0.3, -0.25) is 4.79 Å². The molecule has 2 aromatic rings. The predicted octanol–water partition coefficient (Wildman–Crippen LogP) is 2.17. The molecule has 0 fully saturated rings. The van der Waals surface area contributed by atoms with Crippen LogP contribution in [0.25, 0.3) is 11.0 Å². The minimum atomic E-state index is -0.0293. The number of benzene rings is 1. The second-order valence-electron chi connectivity index (χ2n) is 4.13. The third kappa shape index (κ3) is 3.45. The van der Waals surface area contributed by atoms with Crippen molar-refractivity contribution in [2.45, 2.75) is 11.7 Å². The number of halogens is 1. The van der Waals surface area contributed by atoms with Crippen molar-refractivity contribution < 1.29 is 9.53 Å². The number of carbonyl (C=O) groups is 1. The topological polar surface area (TPSA) is 56.2 Å². The van der Waals surface area contributed by atoms with Gasteiger partial charge in [0.25, 0.3) is 0 Å². The standard InChI is InChI=1S/C13H16ClN3O2S/c1-15-12(18)8-20-13-16-10-7-9(14)3-4-11(10)17(13)5-6-19-2/h3-4,7H,5-6,8H2,1-2H3,(H,15,18). The van der Waals surface area contributed by atoms with Crippen LogP contribution in [0.15, 0.2) is 23.4 Å². The highest BCUT2D eigenvalue weighted by atomic mass is 35.5. The van der Waals surface area contributed by atoms with E-state index in [4.69, 9.17) is 16.3 Å². The number of amides is 1. The van der Waals surface area contributed by atoms with Crippen molar-refractivity contribution in [3.63, 3.8) is 0 Å². The van der Waals surface area contributed by atoms with Gasteiger partial charge in [-0.2, -0.15) is 0 Å². The van der Waals surface area contributed by atoms with Crippen LogP contribution in [0.2, 0.25) is 5.02 Å². The number of fused-ring (bicyclic) bond motifs is 1. The van der Waals surface area contributed by atoms with E-state index in [2.05, 4.69) is 10.3 Å². The lowest BCUT2D eigenvalue weighted by Crippen LogP contribution is -2.20. The van der Waals surface area contributed by atoms with Crippen LogP contribution in [0.1, 0.15) is 0 Å². The van der Waals surface area contributed by atoms with Gasteiger partial charge in [0, 0.05) is 25.7 Å². The fourth-order valence-electron chi connectivity index (χ4n) is 1.79. The number of hydrogen-bond donors (Lipinski definition) is 1. The SMILES string of the molecule is CNC(=O)CSc1nc2cc(Cl)ccc2n1CCOC. The fourth-order valence-corrected chi connectivity index (χ4v) is 2.87. The predicted molar refractivity (Wildman–Crippen MR) is 81.4 cm³/mol. The quantitative estimate of drug-likeness (QED) is 0.831. The fraction of sp³-hybridized carbons (Fsp3) is 0.385. The first kappa shape index (κ1) is 15.2. The van der Waals surface area contributed by atoms with Crippen molar-refractivity contribution in [2.75, 3.05) is 26.5 Å². The van der Waals surface area contributed by atoms with Crippen LogP contribution in [0.5, 0.6) is 0 Å². The molecule has 0 saturated carbocycles. The molecule has 2 rings (SSSR count). The van der Waals surface area contributed by atoms with Gasteiger partial charge in [0.2, 0.25) is 5.91 Å². The van der Waals surface area contributed by atoms with E-state index in [0.29, 0.717) is 23.9 Å². The Labute approximate surface area is 126 Å². The maximum absolute atomic E-state index is 11.4. The Hall–Kier alpha value is -1.24. The molecule has 0 aliphatic heterocycles. The highest BCUT2D eigenvalue weighted by Crippen LogP contribution is 2.26. The minimum Gasteiger partial charge on any atom is -0.383 e. The van der Waals surface area contributed by atoms with Crippen molar-refractivity contribution in [1.82, 2.24) is 14.9 Å². The molecule has 0 radical (unpaired) electrons. The summed E-state index contributed by atoms with van der Waals surface area (Å²) in [4.78, 5) is 15.9. The van der Waals surface area contributed by atoms with E-state index in [1.807, 2.05) is 22.8 Å². The molecular weight excluding hydrogens is 298 g/mol. The maximum atomic E-state index is 11.4. The summed E-state index contributed by atoms with van der Waals surface area (Å²) in [6, 6.07) is 5.59. The average molecular weight is 314 g/mol. The van der Waals surface area contributed by atoms with Crippen LogP contribution in [0, 0.1) is 0 Å². The smallest absolute Gasteiger partial charge is 0.230 e. The molecule has 1 heterocycles. The Morgan fingerprint density at radius 1 is 1.55 bits per heavy atom.